The smallest absolute Gasteiger partial charge is 0.407 e. The van der Waals surface area contributed by atoms with Crippen molar-refractivity contribution in [2.45, 2.75) is 51.6 Å². The van der Waals surface area contributed by atoms with Crippen LogP contribution in [0.1, 0.15) is 39.5 Å². The summed E-state index contributed by atoms with van der Waals surface area (Å²) in [6.45, 7) is 6.75. The molecular formula is C14H26N2O2. The summed E-state index contributed by atoms with van der Waals surface area (Å²) in [5, 5.41) is 2.97. The summed E-state index contributed by atoms with van der Waals surface area (Å²) in [7, 11) is 1.43. The van der Waals surface area contributed by atoms with Gasteiger partial charge in [0.05, 0.1) is 7.11 Å². The van der Waals surface area contributed by atoms with E-state index in [1.165, 1.54) is 32.9 Å². The van der Waals surface area contributed by atoms with Crippen LogP contribution in [0, 0.1) is 11.8 Å². The zero-order chi connectivity index (χ0) is 13.1. The third-order valence-electron chi connectivity index (χ3n) is 4.52. The van der Waals surface area contributed by atoms with Crippen LogP contribution in [0.4, 0.5) is 4.79 Å². The number of nitrogens with one attached hydrogen (secondary N) is 1. The third kappa shape index (κ3) is 3.16. The number of nitrogens with zero attached hydrogens (tertiary/aromatic N) is 1. The summed E-state index contributed by atoms with van der Waals surface area (Å²) in [4.78, 5) is 13.9. The van der Waals surface area contributed by atoms with Crippen LogP contribution in [-0.2, 0) is 4.74 Å². The molecule has 1 aliphatic carbocycles. The number of hydrogen-bond acceptors (Lipinski definition) is 3. The first-order valence-corrected chi connectivity index (χ1v) is 7.20. The van der Waals surface area contributed by atoms with Crippen LogP contribution in [0.5, 0.6) is 0 Å². The van der Waals surface area contributed by atoms with Gasteiger partial charge in [0, 0.05) is 25.2 Å². The largest absolute Gasteiger partial charge is 0.453 e. The molecule has 4 nitrogen and oxygen atoms in total. The first-order chi connectivity index (χ1) is 8.62. The van der Waals surface area contributed by atoms with Crippen LogP contribution >= 0.6 is 0 Å². The zero-order valence-corrected chi connectivity index (χ0v) is 11.8. The van der Waals surface area contributed by atoms with Gasteiger partial charge in [-0.25, -0.2) is 4.79 Å². The summed E-state index contributed by atoms with van der Waals surface area (Å²) in [5.41, 5.74) is 0. The van der Waals surface area contributed by atoms with E-state index in [2.05, 4.69) is 24.1 Å². The Morgan fingerprint density at radius 3 is 2.61 bits per heavy atom. The van der Waals surface area contributed by atoms with Crippen LogP contribution in [0.2, 0.25) is 0 Å². The molecule has 1 amide bonds. The second kappa shape index (κ2) is 5.91. The molecule has 0 spiro atoms. The number of carbonyl (C=O) groups excluding carboxylic acids is 1. The van der Waals surface area contributed by atoms with Crippen molar-refractivity contribution in [1.29, 1.82) is 0 Å². The summed E-state index contributed by atoms with van der Waals surface area (Å²) in [5.74, 6) is 1.58. The molecule has 0 radical (unpaired) electrons. The Morgan fingerprint density at radius 1 is 1.33 bits per heavy atom. The van der Waals surface area contributed by atoms with Crippen molar-refractivity contribution in [3.05, 3.63) is 0 Å². The lowest BCUT2D eigenvalue weighted by molar-refractivity contribution is 0.0327. The average molecular weight is 254 g/mol. The first-order valence-electron chi connectivity index (χ1n) is 7.20. The minimum absolute atomic E-state index is 0.257. The lowest BCUT2D eigenvalue weighted by Gasteiger charge is -2.47. The summed E-state index contributed by atoms with van der Waals surface area (Å²) in [6.07, 6.45) is 4.63. The van der Waals surface area contributed by atoms with Crippen LogP contribution in [0.15, 0.2) is 0 Å². The van der Waals surface area contributed by atoms with Gasteiger partial charge < -0.3 is 10.1 Å². The van der Waals surface area contributed by atoms with Gasteiger partial charge in [-0.15, -0.1) is 0 Å². The van der Waals surface area contributed by atoms with Gasteiger partial charge in [0.1, 0.15) is 0 Å². The van der Waals surface area contributed by atoms with Gasteiger partial charge in [-0.3, -0.25) is 4.90 Å². The van der Waals surface area contributed by atoms with Crippen LogP contribution in [0.25, 0.3) is 0 Å². The van der Waals surface area contributed by atoms with E-state index < -0.39 is 0 Å². The second-order valence-corrected chi connectivity index (χ2v) is 6.03. The Morgan fingerprint density at radius 2 is 2.06 bits per heavy atom. The maximum atomic E-state index is 11.3. The van der Waals surface area contributed by atoms with E-state index in [9.17, 15) is 4.79 Å². The molecule has 104 valence electrons. The van der Waals surface area contributed by atoms with E-state index >= 15 is 0 Å². The highest BCUT2D eigenvalue weighted by molar-refractivity contribution is 5.67. The Kier molecular flexibility index (Phi) is 4.49. The van der Waals surface area contributed by atoms with Crippen molar-refractivity contribution in [3.63, 3.8) is 0 Å². The number of rotatable bonds is 3. The molecule has 1 saturated heterocycles. The summed E-state index contributed by atoms with van der Waals surface area (Å²) < 4.78 is 4.71. The van der Waals surface area contributed by atoms with Crippen molar-refractivity contribution >= 4 is 6.09 Å². The molecule has 0 aromatic heterocycles. The molecule has 1 heterocycles. The molecule has 1 saturated carbocycles. The van der Waals surface area contributed by atoms with E-state index in [0.29, 0.717) is 5.92 Å². The number of methoxy groups -OCH3 is 1. The van der Waals surface area contributed by atoms with Gasteiger partial charge in [-0.05, 0) is 31.1 Å². The number of ether oxygens (including phenoxy) is 1. The average Bonchev–Trinajstić information content (AvgIpc) is 2.34. The highest BCUT2D eigenvalue weighted by Gasteiger charge is 2.36. The minimum atomic E-state index is -0.293. The second-order valence-electron chi connectivity index (χ2n) is 6.03. The standard InChI is InChI=1S/C14H26N2O2/c1-4-11-7-12(15-14(17)18-3)9-16(8-11)13-5-10(2)6-13/h10-13H,4-9H2,1-3H3,(H,15,17). The fourth-order valence-corrected chi connectivity index (χ4v) is 3.32. The predicted molar refractivity (Wildman–Crippen MR) is 71.5 cm³/mol. The highest BCUT2D eigenvalue weighted by Crippen LogP contribution is 2.34. The fraction of sp³-hybridized carbons (Fsp3) is 0.929. The molecule has 2 aliphatic rings. The van der Waals surface area contributed by atoms with Gasteiger partial charge >= 0.3 is 6.09 Å². The first kappa shape index (κ1) is 13.7. The third-order valence-corrected chi connectivity index (χ3v) is 4.52. The molecule has 4 heteroatoms. The van der Waals surface area contributed by atoms with E-state index in [1.807, 2.05) is 0 Å². The molecule has 0 bridgehead atoms. The van der Waals surface area contributed by atoms with Gasteiger partial charge in [0.2, 0.25) is 0 Å². The predicted octanol–water partition coefficient (Wildman–Crippen LogP) is 2.24. The van der Waals surface area contributed by atoms with Crippen molar-refractivity contribution in [3.8, 4) is 0 Å². The molecule has 2 rings (SSSR count). The quantitative estimate of drug-likeness (QED) is 0.840. The summed E-state index contributed by atoms with van der Waals surface area (Å²) in [6, 6.07) is 1.00. The molecule has 1 N–H and O–H groups in total. The van der Waals surface area contributed by atoms with E-state index in [1.54, 1.807) is 0 Å². The SMILES string of the molecule is CCC1CC(NC(=O)OC)CN(C2CC(C)C2)C1. The van der Waals surface area contributed by atoms with Crippen molar-refractivity contribution < 1.29 is 9.53 Å². The van der Waals surface area contributed by atoms with Gasteiger partial charge in [-0.2, -0.15) is 0 Å². The van der Waals surface area contributed by atoms with Gasteiger partial charge in [0.15, 0.2) is 0 Å². The number of alkyl carbamates (subject to hydrolysis) is 1. The maximum absolute atomic E-state index is 11.3. The zero-order valence-electron chi connectivity index (χ0n) is 11.8. The normalized spacial score (nSPS) is 36.8. The van der Waals surface area contributed by atoms with Crippen molar-refractivity contribution in [2.24, 2.45) is 11.8 Å². The lowest BCUT2D eigenvalue weighted by atomic mass is 9.79. The Labute approximate surface area is 110 Å². The molecule has 2 unspecified atom stereocenters. The van der Waals surface area contributed by atoms with Crippen molar-refractivity contribution in [1.82, 2.24) is 10.2 Å². The van der Waals surface area contributed by atoms with Crippen molar-refractivity contribution in [2.75, 3.05) is 20.2 Å². The molecule has 2 atom stereocenters. The molecule has 1 aliphatic heterocycles. The van der Waals surface area contributed by atoms with Crippen LogP contribution in [0.3, 0.4) is 0 Å². The summed E-state index contributed by atoms with van der Waals surface area (Å²) >= 11 is 0. The van der Waals surface area contributed by atoms with E-state index in [-0.39, 0.29) is 12.1 Å². The highest BCUT2D eigenvalue weighted by atomic mass is 16.5. The number of hydrogen-bond donors (Lipinski definition) is 1. The molecule has 0 aromatic rings. The molecule has 2 fully saturated rings. The Bertz CT molecular complexity index is 290. The molecular weight excluding hydrogens is 228 g/mol. The van der Waals surface area contributed by atoms with E-state index in [0.717, 1.165) is 24.9 Å². The topological polar surface area (TPSA) is 41.6 Å². The van der Waals surface area contributed by atoms with Gasteiger partial charge in [-0.1, -0.05) is 20.3 Å². The monoisotopic (exact) mass is 254 g/mol. The Balaban J connectivity index is 1.89. The number of likely N-dealkylation sites (tertiary alicyclic amines) is 1. The van der Waals surface area contributed by atoms with E-state index in [4.69, 9.17) is 4.74 Å². The molecule has 18 heavy (non-hydrogen) atoms. The fourth-order valence-electron chi connectivity index (χ4n) is 3.32. The lowest BCUT2D eigenvalue weighted by Crippen LogP contribution is -2.56. The van der Waals surface area contributed by atoms with Gasteiger partial charge in [0.25, 0.3) is 0 Å². The number of piperidine rings is 1. The number of amides is 1. The van der Waals surface area contributed by atoms with Crippen LogP contribution < -0.4 is 5.32 Å². The Hall–Kier alpha value is -0.770. The molecule has 0 aromatic carbocycles. The number of carbonyl (C=O) groups is 1. The van der Waals surface area contributed by atoms with Crippen LogP contribution in [-0.4, -0.2) is 43.3 Å². The maximum Gasteiger partial charge on any atom is 0.407 e. The minimum Gasteiger partial charge on any atom is -0.453 e.